The van der Waals surface area contributed by atoms with Gasteiger partial charge in [0, 0.05) is 6.20 Å². The minimum atomic E-state index is -4.57. The number of halogens is 3. The van der Waals surface area contributed by atoms with E-state index in [1.807, 2.05) is 0 Å². The second kappa shape index (κ2) is 4.87. The van der Waals surface area contributed by atoms with Crippen LogP contribution in [0.1, 0.15) is 16.1 Å². The predicted molar refractivity (Wildman–Crippen MR) is 64.3 cm³/mol. The third-order valence-electron chi connectivity index (χ3n) is 2.58. The van der Waals surface area contributed by atoms with E-state index in [0.717, 1.165) is 16.9 Å². The Bertz CT molecular complexity index is 650. The molecule has 106 valence electrons. The molecule has 0 amide bonds. The summed E-state index contributed by atoms with van der Waals surface area (Å²) < 4.78 is 43.1. The molecule has 2 rings (SSSR count). The maximum Gasteiger partial charge on any atom is 0.435 e. The fraction of sp³-hybridized carbons (Fsp3) is 0.167. The van der Waals surface area contributed by atoms with E-state index < -0.39 is 17.8 Å². The largest absolute Gasteiger partial charge is 0.465 e. The van der Waals surface area contributed by atoms with Crippen molar-refractivity contribution in [1.29, 1.82) is 0 Å². The Morgan fingerprint density at radius 3 is 2.60 bits per heavy atom. The number of carbonyl (C=O) groups is 1. The molecule has 0 saturated carbocycles. The van der Waals surface area contributed by atoms with Crippen molar-refractivity contribution in [1.82, 2.24) is 9.78 Å². The third-order valence-corrected chi connectivity index (χ3v) is 2.58. The minimum Gasteiger partial charge on any atom is -0.465 e. The molecule has 1 aromatic carbocycles. The molecule has 0 spiro atoms. The first-order valence-corrected chi connectivity index (χ1v) is 5.44. The summed E-state index contributed by atoms with van der Waals surface area (Å²) in [5.74, 6) is -0.712. The molecular weight excluding hydrogens is 275 g/mol. The fourth-order valence-electron chi connectivity index (χ4n) is 1.69. The first-order chi connectivity index (χ1) is 9.34. The van der Waals surface area contributed by atoms with Crippen LogP contribution in [0.2, 0.25) is 0 Å². The van der Waals surface area contributed by atoms with Gasteiger partial charge in [0.15, 0.2) is 5.69 Å². The fourth-order valence-corrected chi connectivity index (χ4v) is 1.69. The van der Waals surface area contributed by atoms with Crippen molar-refractivity contribution in [2.75, 3.05) is 12.8 Å². The number of ether oxygens (including phenoxy) is 1. The van der Waals surface area contributed by atoms with Crippen LogP contribution in [0.4, 0.5) is 18.9 Å². The van der Waals surface area contributed by atoms with Crippen molar-refractivity contribution in [3.8, 4) is 5.69 Å². The lowest BCUT2D eigenvalue weighted by molar-refractivity contribution is -0.141. The molecule has 0 atom stereocenters. The van der Waals surface area contributed by atoms with Crippen LogP contribution < -0.4 is 5.73 Å². The van der Waals surface area contributed by atoms with E-state index >= 15 is 0 Å². The van der Waals surface area contributed by atoms with Crippen molar-refractivity contribution < 1.29 is 22.7 Å². The quantitative estimate of drug-likeness (QED) is 0.678. The zero-order chi connectivity index (χ0) is 14.9. The average Bonchev–Trinajstić information content (AvgIpc) is 2.86. The number of hydrogen-bond acceptors (Lipinski definition) is 4. The van der Waals surface area contributed by atoms with Crippen molar-refractivity contribution in [3.05, 3.63) is 41.7 Å². The zero-order valence-electron chi connectivity index (χ0n) is 10.3. The van der Waals surface area contributed by atoms with Crippen LogP contribution in [0.5, 0.6) is 0 Å². The summed E-state index contributed by atoms with van der Waals surface area (Å²) in [4.78, 5) is 11.6. The number of rotatable bonds is 2. The summed E-state index contributed by atoms with van der Waals surface area (Å²) in [7, 11) is 1.17. The highest BCUT2D eigenvalue weighted by atomic mass is 19.4. The number of esters is 1. The molecule has 2 N–H and O–H groups in total. The molecule has 2 aromatic rings. The molecule has 0 fully saturated rings. The second-order valence-corrected chi connectivity index (χ2v) is 3.88. The molecule has 0 aliphatic carbocycles. The molecular formula is C12H10F3N3O2. The number of hydrogen-bond donors (Lipinski definition) is 1. The topological polar surface area (TPSA) is 70.1 Å². The number of carbonyl (C=O) groups excluding carboxylic acids is 1. The van der Waals surface area contributed by atoms with Crippen molar-refractivity contribution in [2.45, 2.75) is 6.18 Å². The van der Waals surface area contributed by atoms with Gasteiger partial charge in [-0.3, -0.25) is 0 Å². The lowest BCUT2D eigenvalue weighted by Gasteiger charge is -2.10. The Labute approximate surface area is 111 Å². The van der Waals surface area contributed by atoms with Crippen molar-refractivity contribution in [3.63, 3.8) is 0 Å². The molecule has 0 saturated heterocycles. The van der Waals surface area contributed by atoms with Crippen LogP contribution in [0.15, 0.2) is 30.5 Å². The summed E-state index contributed by atoms with van der Waals surface area (Å²) in [5.41, 5.74) is 4.84. The van der Waals surface area contributed by atoms with Crippen LogP contribution >= 0.6 is 0 Å². The predicted octanol–water partition coefficient (Wildman–Crippen LogP) is 2.26. The first-order valence-electron chi connectivity index (χ1n) is 5.44. The van der Waals surface area contributed by atoms with Gasteiger partial charge in [0.25, 0.3) is 0 Å². The van der Waals surface area contributed by atoms with Crippen LogP contribution in [0, 0.1) is 0 Å². The Hall–Kier alpha value is -2.51. The number of nitrogen functional groups attached to an aromatic ring is 1. The number of benzene rings is 1. The number of nitrogens with zero attached hydrogens (tertiary/aromatic N) is 2. The van der Waals surface area contributed by atoms with Gasteiger partial charge in [-0.05, 0) is 18.2 Å². The number of methoxy groups -OCH3 is 1. The lowest BCUT2D eigenvalue weighted by Crippen LogP contribution is -2.12. The van der Waals surface area contributed by atoms with E-state index in [9.17, 15) is 18.0 Å². The van der Waals surface area contributed by atoms with Gasteiger partial charge < -0.3 is 10.5 Å². The summed E-state index contributed by atoms with van der Waals surface area (Å²) >= 11 is 0. The Kier molecular flexibility index (Phi) is 3.39. The number of aromatic nitrogens is 2. The van der Waals surface area contributed by atoms with Gasteiger partial charge in [-0.1, -0.05) is 6.07 Å². The Morgan fingerprint density at radius 1 is 1.35 bits per heavy atom. The Morgan fingerprint density at radius 2 is 2.05 bits per heavy atom. The molecule has 5 nitrogen and oxygen atoms in total. The maximum absolute atomic E-state index is 12.5. The molecule has 0 aliphatic rings. The van der Waals surface area contributed by atoms with Crippen molar-refractivity contribution in [2.24, 2.45) is 0 Å². The van der Waals surface area contributed by atoms with Gasteiger partial charge in [-0.15, -0.1) is 0 Å². The van der Waals surface area contributed by atoms with Gasteiger partial charge in [-0.2, -0.15) is 18.3 Å². The third kappa shape index (κ3) is 2.44. The van der Waals surface area contributed by atoms with Crippen LogP contribution in [-0.2, 0) is 10.9 Å². The van der Waals surface area contributed by atoms with E-state index in [-0.39, 0.29) is 16.9 Å². The molecule has 1 aromatic heterocycles. The summed E-state index contributed by atoms with van der Waals surface area (Å²) in [6, 6.07) is 5.15. The summed E-state index contributed by atoms with van der Waals surface area (Å²) in [6.45, 7) is 0. The average molecular weight is 285 g/mol. The first kappa shape index (κ1) is 13.9. The molecule has 1 heterocycles. The van der Waals surface area contributed by atoms with E-state index in [0.29, 0.717) is 0 Å². The molecule has 0 radical (unpaired) electrons. The van der Waals surface area contributed by atoms with Crippen molar-refractivity contribution >= 4 is 11.7 Å². The van der Waals surface area contributed by atoms with Gasteiger partial charge in [0.05, 0.1) is 18.4 Å². The van der Waals surface area contributed by atoms with Gasteiger partial charge in [0.1, 0.15) is 5.69 Å². The van der Waals surface area contributed by atoms with Crippen LogP contribution in [-0.4, -0.2) is 22.9 Å². The minimum absolute atomic E-state index is 0.0318. The van der Waals surface area contributed by atoms with Crippen LogP contribution in [0.25, 0.3) is 5.69 Å². The molecule has 0 aliphatic heterocycles. The standard InChI is InChI=1S/C12H10F3N3O2/c1-20-11(19)7-3-2-4-8(16)10(7)18-6-5-9(17-18)12(13,14)15/h2-6H,16H2,1H3. The van der Waals surface area contributed by atoms with Gasteiger partial charge >= 0.3 is 12.1 Å². The highest BCUT2D eigenvalue weighted by molar-refractivity contribution is 5.95. The smallest absolute Gasteiger partial charge is 0.435 e. The monoisotopic (exact) mass is 285 g/mol. The summed E-state index contributed by atoms with van der Waals surface area (Å²) in [6.07, 6.45) is -3.48. The van der Waals surface area contributed by atoms with Crippen LogP contribution in [0.3, 0.4) is 0 Å². The number of anilines is 1. The maximum atomic E-state index is 12.5. The molecule has 8 heteroatoms. The normalized spacial score (nSPS) is 11.4. The highest BCUT2D eigenvalue weighted by Crippen LogP contribution is 2.29. The van der Waals surface area contributed by atoms with E-state index in [2.05, 4.69) is 9.84 Å². The second-order valence-electron chi connectivity index (χ2n) is 3.88. The summed E-state index contributed by atoms with van der Waals surface area (Å²) in [5, 5.41) is 3.39. The number of nitrogens with two attached hydrogens (primary N) is 1. The van der Waals surface area contributed by atoms with Gasteiger partial charge in [0.2, 0.25) is 0 Å². The molecule has 0 bridgehead atoms. The Balaban J connectivity index is 2.58. The SMILES string of the molecule is COC(=O)c1cccc(N)c1-n1ccc(C(F)(F)F)n1. The highest BCUT2D eigenvalue weighted by Gasteiger charge is 2.34. The zero-order valence-corrected chi connectivity index (χ0v) is 10.3. The number of para-hydroxylation sites is 1. The lowest BCUT2D eigenvalue weighted by atomic mass is 10.1. The van der Waals surface area contributed by atoms with E-state index in [4.69, 9.17) is 5.73 Å². The van der Waals surface area contributed by atoms with E-state index in [1.165, 1.54) is 25.3 Å². The van der Waals surface area contributed by atoms with E-state index in [1.54, 1.807) is 0 Å². The van der Waals surface area contributed by atoms with Gasteiger partial charge in [-0.25, -0.2) is 9.48 Å². The number of alkyl halides is 3. The molecule has 0 unspecified atom stereocenters. The molecule has 20 heavy (non-hydrogen) atoms.